The van der Waals surface area contributed by atoms with Crippen molar-refractivity contribution in [1.29, 1.82) is 0 Å². The third kappa shape index (κ3) is 1.35. The van der Waals surface area contributed by atoms with Crippen LogP contribution >= 0.6 is 0 Å². The lowest BCUT2D eigenvalue weighted by Crippen LogP contribution is -2.16. The highest BCUT2D eigenvalue weighted by Gasteiger charge is 2.24. The highest BCUT2D eigenvalue weighted by atomic mass is 15.3. The van der Waals surface area contributed by atoms with E-state index in [2.05, 4.69) is 35.6 Å². The molecule has 14 heavy (non-hydrogen) atoms. The van der Waals surface area contributed by atoms with Gasteiger partial charge in [0.25, 0.3) is 0 Å². The van der Waals surface area contributed by atoms with Crippen LogP contribution in [0.3, 0.4) is 0 Å². The summed E-state index contributed by atoms with van der Waals surface area (Å²) in [6, 6.07) is 0.407. The summed E-state index contributed by atoms with van der Waals surface area (Å²) >= 11 is 0. The number of hydrogen-bond donors (Lipinski definition) is 1. The van der Waals surface area contributed by atoms with Gasteiger partial charge in [-0.1, -0.05) is 0 Å². The molecule has 0 fully saturated rings. The van der Waals surface area contributed by atoms with Crippen LogP contribution in [-0.2, 0) is 19.6 Å². The van der Waals surface area contributed by atoms with Crippen molar-refractivity contribution < 1.29 is 0 Å². The summed E-state index contributed by atoms with van der Waals surface area (Å²) in [6.45, 7) is 6.83. The van der Waals surface area contributed by atoms with Crippen LogP contribution in [0.1, 0.15) is 36.8 Å². The van der Waals surface area contributed by atoms with Crippen LogP contribution in [0.4, 0.5) is 0 Å². The summed E-state index contributed by atoms with van der Waals surface area (Å²) in [4.78, 5) is 2.27. The maximum atomic E-state index is 5.77. The van der Waals surface area contributed by atoms with Crippen LogP contribution in [0.2, 0.25) is 0 Å². The lowest BCUT2D eigenvalue weighted by molar-refractivity contribution is 0.340. The average molecular weight is 194 g/mol. The van der Waals surface area contributed by atoms with Crippen LogP contribution in [0.15, 0.2) is 0 Å². The molecule has 2 N–H and O–H groups in total. The summed E-state index contributed by atoms with van der Waals surface area (Å²) in [5.74, 6) is 0. The molecule has 0 saturated carbocycles. The van der Waals surface area contributed by atoms with Crippen molar-refractivity contribution >= 4 is 0 Å². The number of rotatable bonds is 2. The summed E-state index contributed by atoms with van der Waals surface area (Å²) in [5.41, 5.74) is 9.54. The van der Waals surface area contributed by atoms with E-state index in [1.54, 1.807) is 0 Å². The first-order valence-corrected chi connectivity index (χ1v) is 5.11. The van der Waals surface area contributed by atoms with E-state index in [4.69, 9.17) is 5.73 Å². The van der Waals surface area contributed by atoms with Gasteiger partial charge in [-0.05, 0) is 20.9 Å². The molecule has 0 radical (unpaired) electrons. The second-order valence-corrected chi connectivity index (χ2v) is 4.29. The minimum atomic E-state index is 0.407. The topological polar surface area (TPSA) is 47.1 Å². The minimum absolute atomic E-state index is 0.407. The van der Waals surface area contributed by atoms with E-state index < -0.39 is 0 Å². The maximum absolute atomic E-state index is 5.77. The number of aromatic nitrogens is 2. The smallest absolute Gasteiger partial charge is 0.0813 e. The molecule has 0 bridgehead atoms. The number of fused-ring (bicyclic) bond motifs is 1. The second kappa shape index (κ2) is 3.37. The summed E-state index contributed by atoms with van der Waals surface area (Å²) in [6.07, 6.45) is 0. The average Bonchev–Trinajstić information content (AvgIpc) is 2.59. The van der Waals surface area contributed by atoms with E-state index in [-0.39, 0.29) is 0 Å². The van der Waals surface area contributed by atoms with Crippen LogP contribution in [0.25, 0.3) is 0 Å². The van der Waals surface area contributed by atoms with Gasteiger partial charge in [-0.15, -0.1) is 0 Å². The zero-order valence-electron chi connectivity index (χ0n) is 9.12. The first kappa shape index (κ1) is 9.68. The van der Waals surface area contributed by atoms with Gasteiger partial charge in [0.05, 0.1) is 11.4 Å². The lowest BCUT2D eigenvalue weighted by atomic mass is 10.2. The molecule has 1 aromatic rings. The van der Waals surface area contributed by atoms with Crippen LogP contribution in [-0.4, -0.2) is 21.7 Å². The van der Waals surface area contributed by atoms with Gasteiger partial charge in [-0.2, -0.15) is 5.10 Å². The third-order valence-electron chi connectivity index (χ3n) is 2.73. The molecule has 0 saturated heterocycles. The van der Waals surface area contributed by atoms with Gasteiger partial charge in [0.15, 0.2) is 0 Å². The molecule has 0 atom stereocenters. The van der Waals surface area contributed by atoms with E-state index in [1.165, 1.54) is 17.0 Å². The minimum Gasteiger partial charge on any atom is -0.325 e. The number of nitrogens with zero attached hydrogens (tertiary/aromatic N) is 3. The highest BCUT2D eigenvalue weighted by Crippen LogP contribution is 2.25. The summed E-state index contributed by atoms with van der Waals surface area (Å²) in [5, 5.41) is 4.61. The molecule has 78 valence electrons. The second-order valence-electron chi connectivity index (χ2n) is 4.29. The lowest BCUT2D eigenvalue weighted by Gasteiger charge is -2.13. The molecule has 4 heteroatoms. The zero-order chi connectivity index (χ0) is 10.3. The highest BCUT2D eigenvalue weighted by molar-refractivity contribution is 5.30. The molecule has 0 unspecified atom stereocenters. The fraction of sp³-hybridized carbons (Fsp3) is 0.700. The number of hydrogen-bond acceptors (Lipinski definition) is 3. The molecule has 4 nitrogen and oxygen atoms in total. The molecule has 1 aliphatic heterocycles. The quantitative estimate of drug-likeness (QED) is 0.760. The van der Waals surface area contributed by atoms with Gasteiger partial charge >= 0.3 is 0 Å². The molecule has 2 rings (SSSR count). The first-order valence-electron chi connectivity index (χ1n) is 5.11. The van der Waals surface area contributed by atoms with Gasteiger partial charge < -0.3 is 5.73 Å². The van der Waals surface area contributed by atoms with E-state index in [0.29, 0.717) is 12.6 Å². The van der Waals surface area contributed by atoms with E-state index in [0.717, 1.165) is 13.1 Å². The van der Waals surface area contributed by atoms with Crippen LogP contribution < -0.4 is 5.73 Å². The maximum Gasteiger partial charge on any atom is 0.0813 e. The van der Waals surface area contributed by atoms with Crippen molar-refractivity contribution in [2.45, 2.75) is 39.5 Å². The summed E-state index contributed by atoms with van der Waals surface area (Å²) < 4.78 is 2.07. The number of nitrogens with two attached hydrogens (primary N) is 1. The van der Waals surface area contributed by atoms with E-state index in [1.807, 2.05) is 0 Å². The van der Waals surface area contributed by atoms with Gasteiger partial charge in [0, 0.05) is 31.2 Å². The largest absolute Gasteiger partial charge is 0.325 e. The van der Waals surface area contributed by atoms with Gasteiger partial charge in [-0.25, -0.2) is 0 Å². The van der Waals surface area contributed by atoms with Crippen molar-refractivity contribution in [1.82, 2.24) is 14.7 Å². The standard InChI is InChI=1S/C10H18N4/c1-7(2)14-10(4-11)8-5-13(3)6-9(8)12-14/h7H,4-6,11H2,1-3H3. The Labute approximate surface area is 84.7 Å². The Morgan fingerprint density at radius 2 is 2.14 bits per heavy atom. The molecule has 0 amide bonds. The van der Waals surface area contributed by atoms with Gasteiger partial charge in [-0.3, -0.25) is 9.58 Å². The Morgan fingerprint density at radius 3 is 2.71 bits per heavy atom. The molecule has 0 aromatic carbocycles. The molecular formula is C10H18N4. The van der Waals surface area contributed by atoms with Crippen molar-refractivity contribution in [3.8, 4) is 0 Å². The molecular weight excluding hydrogens is 176 g/mol. The van der Waals surface area contributed by atoms with Crippen molar-refractivity contribution in [2.75, 3.05) is 7.05 Å². The summed E-state index contributed by atoms with van der Waals surface area (Å²) in [7, 11) is 2.11. The Morgan fingerprint density at radius 1 is 1.43 bits per heavy atom. The fourth-order valence-corrected chi connectivity index (χ4v) is 2.09. The Hall–Kier alpha value is -0.870. The van der Waals surface area contributed by atoms with Crippen molar-refractivity contribution in [2.24, 2.45) is 5.73 Å². The molecule has 2 heterocycles. The molecule has 1 aromatic heterocycles. The van der Waals surface area contributed by atoms with Crippen molar-refractivity contribution in [3.63, 3.8) is 0 Å². The van der Waals surface area contributed by atoms with Gasteiger partial charge in [0.2, 0.25) is 0 Å². The zero-order valence-corrected chi connectivity index (χ0v) is 9.12. The fourth-order valence-electron chi connectivity index (χ4n) is 2.09. The van der Waals surface area contributed by atoms with Crippen molar-refractivity contribution in [3.05, 3.63) is 17.0 Å². The van der Waals surface area contributed by atoms with E-state index >= 15 is 0 Å². The molecule has 1 aliphatic rings. The van der Waals surface area contributed by atoms with Crippen LogP contribution in [0.5, 0.6) is 0 Å². The van der Waals surface area contributed by atoms with E-state index in [9.17, 15) is 0 Å². The van der Waals surface area contributed by atoms with Gasteiger partial charge in [0.1, 0.15) is 0 Å². The third-order valence-corrected chi connectivity index (χ3v) is 2.73. The normalized spacial score (nSPS) is 16.6. The Balaban J connectivity index is 2.43. The Bertz CT molecular complexity index is 340. The monoisotopic (exact) mass is 194 g/mol. The SMILES string of the molecule is CC(C)n1nc2c(c1CN)CN(C)C2. The predicted octanol–water partition coefficient (Wildman–Crippen LogP) is 0.868. The molecule has 0 aliphatic carbocycles. The first-order chi connectivity index (χ1) is 6.63. The molecule has 0 spiro atoms. The Kier molecular flexibility index (Phi) is 2.33. The van der Waals surface area contributed by atoms with Crippen LogP contribution in [0, 0.1) is 0 Å². The predicted molar refractivity (Wildman–Crippen MR) is 55.7 cm³/mol.